The van der Waals surface area contributed by atoms with Crippen molar-refractivity contribution >= 4 is 11.9 Å². The fourth-order valence-electron chi connectivity index (χ4n) is 12.5. The summed E-state index contributed by atoms with van der Waals surface area (Å²) in [6.45, 7) is 5.00. The second-order valence-electron chi connectivity index (χ2n) is 26.7. The second-order valence-corrected chi connectivity index (χ2v) is 26.7. The molecule has 2 atom stereocenters. The topological polar surface area (TPSA) is 95.9 Å². The normalized spacial score (nSPS) is 12.5. The van der Waals surface area contributed by atoms with E-state index < -0.39 is 12.1 Å². The van der Waals surface area contributed by atoms with Crippen LogP contribution in [0.15, 0.2) is 12.2 Å². The van der Waals surface area contributed by atoms with Gasteiger partial charge in [-0.2, -0.15) is 0 Å². The lowest BCUT2D eigenvalue weighted by molar-refractivity contribution is -0.143. The lowest BCUT2D eigenvalue weighted by Crippen LogP contribution is -2.45. The number of allylic oxidation sites excluding steroid dienone is 2. The van der Waals surface area contributed by atoms with Gasteiger partial charge in [0.2, 0.25) is 5.91 Å². The van der Waals surface area contributed by atoms with E-state index in [2.05, 4.69) is 31.3 Å². The Bertz CT molecular complexity index is 1260. The van der Waals surface area contributed by atoms with Crippen LogP contribution in [0, 0.1) is 0 Å². The first-order chi connectivity index (χ1) is 41.0. The number of hydrogen-bond donors (Lipinski definition) is 3. The van der Waals surface area contributed by atoms with Gasteiger partial charge in [-0.25, -0.2) is 0 Å². The highest BCUT2D eigenvalue weighted by molar-refractivity contribution is 5.76. The lowest BCUT2D eigenvalue weighted by Gasteiger charge is -2.22. The molecule has 3 N–H and O–H groups in total. The molecule has 0 aromatic heterocycles. The monoisotopic (exact) mass is 1170 g/mol. The molecule has 0 aliphatic heterocycles. The van der Waals surface area contributed by atoms with Gasteiger partial charge in [-0.05, 0) is 51.4 Å². The van der Waals surface area contributed by atoms with Crippen molar-refractivity contribution in [3.8, 4) is 0 Å². The van der Waals surface area contributed by atoms with Crippen LogP contribution in [0.25, 0.3) is 0 Å². The number of ether oxygens (including phenoxy) is 1. The van der Waals surface area contributed by atoms with Crippen molar-refractivity contribution in [3.05, 3.63) is 12.2 Å². The fourth-order valence-corrected chi connectivity index (χ4v) is 12.5. The third-order valence-electron chi connectivity index (χ3n) is 18.3. The van der Waals surface area contributed by atoms with Crippen LogP contribution in [-0.4, -0.2) is 47.4 Å². The predicted molar refractivity (Wildman–Crippen MR) is 366 cm³/mol. The van der Waals surface area contributed by atoms with Crippen molar-refractivity contribution in [2.24, 2.45) is 0 Å². The van der Waals surface area contributed by atoms with Gasteiger partial charge in [0.05, 0.1) is 25.4 Å². The smallest absolute Gasteiger partial charge is 0.305 e. The number of hydrogen-bond acceptors (Lipinski definition) is 5. The first-order valence-electron chi connectivity index (χ1n) is 38.4. The summed E-state index contributed by atoms with van der Waals surface area (Å²) >= 11 is 0. The van der Waals surface area contributed by atoms with Crippen LogP contribution >= 0.6 is 0 Å². The second kappa shape index (κ2) is 73.1. The van der Waals surface area contributed by atoms with Crippen LogP contribution in [0.3, 0.4) is 0 Å². The van der Waals surface area contributed by atoms with Gasteiger partial charge >= 0.3 is 5.97 Å². The molecule has 0 rings (SSSR count). The molecule has 0 aromatic rings. The maximum absolute atomic E-state index is 12.6. The molecule has 0 aromatic carbocycles. The molecular weight excluding hydrogens is 1020 g/mol. The minimum Gasteiger partial charge on any atom is -0.466 e. The van der Waals surface area contributed by atoms with Gasteiger partial charge in [0.25, 0.3) is 0 Å². The van der Waals surface area contributed by atoms with E-state index in [-0.39, 0.29) is 18.5 Å². The summed E-state index contributed by atoms with van der Waals surface area (Å²) < 4.78 is 5.48. The summed E-state index contributed by atoms with van der Waals surface area (Å²) in [6, 6.07) is -0.541. The average Bonchev–Trinajstić information content (AvgIpc) is 3.50. The first-order valence-corrected chi connectivity index (χ1v) is 38.4. The zero-order valence-corrected chi connectivity index (χ0v) is 56.7. The fraction of sp³-hybridized carbons (Fsp3) is 0.948. The predicted octanol–water partition coefficient (Wildman–Crippen LogP) is 25.1. The number of aliphatic hydroxyl groups is 2. The van der Waals surface area contributed by atoms with Gasteiger partial charge in [0.1, 0.15) is 0 Å². The number of carbonyl (C=O) groups is 2. The quantitative estimate of drug-likeness (QED) is 0.0320. The Kier molecular flexibility index (Phi) is 71.8. The maximum Gasteiger partial charge on any atom is 0.305 e. The largest absolute Gasteiger partial charge is 0.466 e. The van der Waals surface area contributed by atoms with Crippen molar-refractivity contribution in [3.63, 3.8) is 0 Å². The van der Waals surface area contributed by atoms with E-state index in [1.54, 1.807) is 0 Å². The number of amides is 1. The van der Waals surface area contributed by atoms with E-state index in [0.29, 0.717) is 25.9 Å². The van der Waals surface area contributed by atoms with E-state index in [4.69, 9.17) is 4.74 Å². The molecule has 0 spiro atoms. The van der Waals surface area contributed by atoms with Gasteiger partial charge in [0.15, 0.2) is 0 Å². The lowest BCUT2D eigenvalue weighted by atomic mass is 10.0. The highest BCUT2D eigenvalue weighted by atomic mass is 16.5. The molecule has 0 aliphatic carbocycles. The minimum absolute atomic E-state index is 0.0180. The van der Waals surface area contributed by atoms with Crippen molar-refractivity contribution in [2.75, 3.05) is 13.2 Å². The number of aliphatic hydroxyl groups excluding tert-OH is 2. The molecule has 0 fully saturated rings. The highest BCUT2D eigenvalue weighted by Crippen LogP contribution is 2.20. The van der Waals surface area contributed by atoms with E-state index in [1.807, 2.05) is 0 Å². The molecule has 494 valence electrons. The standard InChI is InChI=1S/C77H151NO5/c1-3-5-7-9-11-13-15-16-17-18-19-20-21-28-31-34-37-40-43-46-50-53-57-61-65-69-75(80)74(73-79)78-76(81)70-66-62-58-54-51-47-44-41-38-35-32-29-26-24-22-23-25-27-30-33-36-39-42-45-48-52-56-60-64-68-72-83-77(82)71-67-63-59-55-49-14-12-10-8-6-4-2/h23,25,74-75,79-80H,3-22,24,26-73H2,1-2H3,(H,78,81)/b25-23-. The van der Waals surface area contributed by atoms with Crippen LogP contribution in [0.4, 0.5) is 0 Å². The van der Waals surface area contributed by atoms with Gasteiger partial charge in [-0.1, -0.05) is 392 Å². The molecule has 0 bridgehead atoms. The molecule has 0 heterocycles. The first kappa shape index (κ1) is 81.6. The van der Waals surface area contributed by atoms with Crippen LogP contribution in [0.1, 0.15) is 444 Å². The van der Waals surface area contributed by atoms with Crippen LogP contribution in [0.5, 0.6) is 0 Å². The molecule has 0 saturated heterocycles. The molecule has 6 nitrogen and oxygen atoms in total. The Balaban J connectivity index is 3.37. The Morgan fingerprint density at radius 3 is 0.855 bits per heavy atom. The van der Waals surface area contributed by atoms with Crippen molar-refractivity contribution < 1.29 is 24.5 Å². The van der Waals surface area contributed by atoms with Crippen molar-refractivity contribution in [1.29, 1.82) is 0 Å². The van der Waals surface area contributed by atoms with E-state index >= 15 is 0 Å². The maximum atomic E-state index is 12.6. The Morgan fingerprint density at radius 2 is 0.566 bits per heavy atom. The molecule has 6 heteroatoms. The van der Waals surface area contributed by atoms with Gasteiger partial charge < -0.3 is 20.3 Å². The Labute approximate surface area is 520 Å². The van der Waals surface area contributed by atoms with Gasteiger partial charge in [-0.15, -0.1) is 0 Å². The van der Waals surface area contributed by atoms with Gasteiger partial charge in [-0.3, -0.25) is 9.59 Å². The summed E-state index contributed by atoms with van der Waals surface area (Å²) in [5.41, 5.74) is 0. The van der Waals surface area contributed by atoms with E-state index in [9.17, 15) is 19.8 Å². The Hall–Kier alpha value is -1.40. The number of unbranched alkanes of at least 4 members (excludes halogenated alkanes) is 60. The summed E-state index contributed by atoms with van der Waals surface area (Å²) in [5.74, 6) is -0.00941. The number of carbonyl (C=O) groups excluding carboxylic acids is 2. The Morgan fingerprint density at radius 1 is 0.325 bits per heavy atom. The minimum atomic E-state index is -0.664. The van der Waals surface area contributed by atoms with Crippen molar-refractivity contribution in [1.82, 2.24) is 5.32 Å². The third-order valence-corrected chi connectivity index (χ3v) is 18.3. The third kappa shape index (κ3) is 69.6. The molecule has 0 saturated carbocycles. The van der Waals surface area contributed by atoms with E-state index in [1.165, 1.54) is 372 Å². The van der Waals surface area contributed by atoms with Crippen LogP contribution in [-0.2, 0) is 14.3 Å². The molecule has 2 unspecified atom stereocenters. The van der Waals surface area contributed by atoms with Gasteiger partial charge in [0, 0.05) is 12.8 Å². The SMILES string of the molecule is CCCCCCCCCCCCCCCCCCCCCCCCCCCC(O)C(CO)NC(=O)CCCCCCCCCCCCCCCC/C=C\CCCCCCCCCCCCCCOC(=O)CCCCCCCCCCCCC. The van der Waals surface area contributed by atoms with Crippen LogP contribution < -0.4 is 5.32 Å². The summed E-state index contributed by atoms with van der Waals surface area (Å²) in [7, 11) is 0. The van der Waals surface area contributed by atoms with Crippen LogP contribution in [0.2, 0.25) is 0 Å². The summed E-state index contributed by atoms with van der Waals surface area (Å²) in [6.07, 6.45) is 91.5. The molecule has 1 amide bonds. The number of nitrogens with one attached hydrogen (secondary N) is 1. The molecular formula is C77H151NO5. The highest BCUT2D eigenvalue weighted by Gasteiger charge is 2.20. The summed E-state index contributed by atoms with van der Waals surface area (Å²) in [5, 5.41) is 23.5. The zero-order valence-electron chi connectivity index (χ0n) is 56.7. The zero-order chi connectivity index (χ0) is 59.9. The summed E-state index contributed by atoms with van der Waals surface area (Å²) in [4.78, 5) is 24.6. The van der Waals surface area contributed by atoms with Crippen molar-refractivity contribution in [2.45, 2.75) is 456 Å². The molecule has 0 aliphatic rings. The van der Waals surface area contributed by atoms with E-state index in [0.717, 1.165) is 38.5 Å². The molecule has 0 radical (unpaired) electrons. The molecule has 83 heavy (non-hydrogen) atoms. The number of esters is 1. The number of rotatable bonds is 73. The average molecular weight is 1170 g/mol.